The first-order valence-corrected chi connectivity index (χ1v) is 5.54. The van der Waals surface area contributed by atoms with Crippen LogP contribution in [0.2, 0.25) is 0 Å². The summed E-state index contributed by atoms with van der Waals surface area (Å²) >= 11 is 0. The van der Waals surface area contributed by atoms with Crippen molar-refractivity contribution in [3.63, 3.8) is 0 Å². The molecule has 1 fully saturated rings. The van der Waals surface area contributed by atoms with Crippen LogP contribution in [0.25, 0.3) is 0 Å². The Labute approximate surface area is 84.9 Å². The first-order valence-electron chi connectivity index (χ1n) is 5.54. The average molecular weight is 194 g/mol. The lowest BCUT2D eigenvalue weighted by Gasteiger charge is -2.23. The SMILES string of the molecule is CCCNCc1ncoc1C1CCC1. The van der Waals surface area contributed by atoms with Crippen molar-refractivity contribution in [3.8, 4) is 0 Å². The maximum Gasteiger partial charge on any atom is 0.181 e. The van der Waals surface area contributed by atoms with E-state index in [9.17, 15) is 0 Å². The van der Waals surface area contributed by atoms with Gasteiger partial charge in [0.2, 0.25) is 0 Å². The van der Waals surface area contributed by atoms with Gasteiger partial charge in [-0.15, -0.1) is 0 Å². The van der Waals surface area contributed by atoms with E-state index < -0.39 is 0 Å². The van der Waals surface area contributed by atoms with E-state index in [2.05, 4.69) is 17.2 Å². The molecule has 14 heavy (non-hydrogen) atoms. The van der Waals surface area contributed by atoms with Crippen molar-refractivity contribution < 1.29 is 4.42 Å². The van der Waals surface area contributed by atoms with Gasteiger partial charge < -0.3 is 9.73 Å². The summed E-state index contributed by atoms with van der Waals surface area (Å²) in [6.45, 7) is 4.08. The quantitative estimate of drug-likeness (QED) is 0.732. The Hall–Kier alpha value is -0.830. The van der Waals surface area contributed by atoms with Crippen molar-refractivity contribution in [3.05, 3.63) is 17.8 Å². The molecule has 1 heterocycles. The Balaban J connectivity index is 1.91. The van der Waals surface area contributed by atoms with E-state index in [0.29, 0.717) is 5.92 Å². The maximum atomic E-state index is 5.45. The van der Waals surface area contributed by atoms with E-state index in [0.717, 1.165) is 31.0 Å². The van der Waals surface area contributed by atoms with Crippen LogP contribution in [0.5, 0.6) is 0 Å². The number of aromatic nitrogens is 1. The van der Waals surface area contributed by atoms with Gasteiger partial charge in [0.25, 0.3) is 0 Å². The summed E-state index contributed by atoms with van der Waals surface area (Å²) in [5.41, 5.74) is 1.11. The van der Waals surface area contributed by atoms with E-state index >= 15 is 0 Å². The van der Waals surface area contributed by atoms with E-state index in [1.807, 2.05) is 0 Å². The number of oxazole rings is 1. The lowest BCUT2D eigenvalue weighted by molar-refractivity contribution is 0.342. The third kappa shape index (κ3) is 1.98. The van der Waals surface area contributed by atoms with Gasteiger partial charge in [-0.05, 0) is 25.8 Å². The molecule has 3 heteroatoms. The first-order chi connectivity index (χ1) is 6.92. The molecule has 1 N–H and O–H groups in total. The molecule has 1 aliphatic carbocycles. The minimum atomic E-state index is 0.649. The predicted molar refractivity (Wildman–Crippen MR) is 55.1 cm³/mol. The van der Waals surface area contributed by atoms with Crippen LogP contribution in [0, 0.1) is 0 Å². The zero-order valence-electron chi connectivity index (χ0n) is 8.75. The molecule has 1 saturated carbocycles. The van der Waals surface area contributed by atoms with Crippen LogP contribution in [0.15, 0.2) is 10.8 Å². The molecule has 0 radical (unpaired) electrons. The van der Waals surface area contributed by atoms with E-state index in [1.54, 1.807) is 6.39 Å². The number of hydrogen-bond donors (Lipinski definition) is 1. The van der Waals surface area contributed by atoms with Crippen LogP contribution >= 0.6 is 0 Å². The minimum Gasteiger partial charge on any atom is -0.448 e. The number of rotatable bonds is 5. The molecule has 1 aromatic rings. The van der Waals surface area contributed by atoms with Gasteiger partial charge in [0.05, 0.1) is 5.69 Å². The van der Waals surface area contributed by atoms with Gasteiger partial charge in [0.1, 0.15) is 5.76 Å². The van der Waals surface area contributed by atoms with Gasteiger partial charge in [-0.25, -0.2) is 4.98 Å². The standard InChI is InChI=1S/C11H18N2O/c1-2-6-12-7-10-11(14-8-13-10)9-4-3-5-9/h8-9,12H,2-7H2,1H3. The van der Waals surface area contributed by atoms with Crippen LogP contribution in [0.3, 0.4) is 0 Å². The Morgan fingerprint density at radius 2 is 2.43 bits per heavy atom. The molecule has 1 aliphatic rings. The fourth-order valence-electron chi connectivity index (χ4n) is 1.80. The highest BCUT2D eigenvalue weighted by molar-refractivity contribution is 5.14. The van der Waals surface area contributed by atoms with Gasteiger partial charge in [-0.1, -0.05) is 13.3 Å². The summed E-state index contributed by atoms with van der Waals surface area (Å²) < 4.78 is 5.45. The summed E-state index contributed by atoms with van der Waals surface area (Å²) in [6, 6.07) is 0. The topological polar surface area (TPSA) is 38.1 Å². The molecule has 1 aromatic heterocycles. The molecule has 0 bridgehead atoms. The second-order valence-electron chi connectivity index (χ2n) is 3.97. The fraction of sp³-hybridized carbons (Fsp3) is 0.727. The van der Waals surface area contributed by atoms with Crippen LogP contribution in [0.4, 0.5) is 0 Å². The summed E-state index contributed by atoms with van der Waals surface area (Å²) in [7, 11) is 0. The zero-order chi connectivity index (χ0) is 9.80. The second kappa shape index (κ2) is 4.60. The third-order valence-corrected chi connectivity index (χ3v) is 2.87. The van der Waals surface area contributed by atoms with Crippen LogP contribution in [-0.4, -0.2) is 11.5 Å². The summed E-state index contributed by atoms with van der Waals surface area (Å²) in [4.78, 5) is 4.26. The van der Waals surface area contributed by atoms with Crippen molar-refractivity contribution in [1.29, 1.82) is 0 Å². The normalized spacial score (nSPS) is 16.9. The van der Waals surface area contributed by atoms with Crippen LogP contribution in [0.1, 0.15) is 50.0 Å². The third-order valence-electron chi connectivity index (χ3n) is 2.87. The molecule has 3 nitrogen and oxygen atoms in total. The van der Waals surface area contributed by atoms with Gasteiger partial charge >= 0.3 is 0 Å². The number of nitrogens with zero attached hydrogens (tertiary/aromatic N) is 1. The van der Waals surface area contributed by atoms with Crippen molar-refractivity contribution in [2.75, 3.05) is 6.54 Å². The number of hydrogen-bond acceptors (Lipinski definition) is 3. The molecule has 0 aliphatic heterocycles. The summed E-state index contributed by atoms with van der Waals surface area (Å²) in [6.07, 6.45) is 6.63. The van der Waals surface area contributed by atoms with Crippen LogP contribution < -0.4 is 5.32 Å². The van der Waals surface area contributed by atoms with E-state index in [-0.39, 0.29) is 0 Å². The largest absolute Gasteiger partial charge is 0.448 e. The van der Waals surface area contributed by atoms with Crippen molar-refractivity contribution in [2.45, 2.75) is 45.1 Å². The molecule has 0 aromatic carbocycles. The Morgan fingerprint density at radius 3 is 3.07 bits per heavy atom. The molecule has 0 saturated heterocycles. The highest BCUT2D eigenvalue weighted by atomic mass is 16.3. The lowest BCUT2D eigenvalue weighted by Crippen LogP contribution is -2.17. The minimum absolute atomic E-state index is 0.649. The van der Waals surface area contributed by atoms with Crippen molar-refractivity contribution >= 4 is 0 Å². The Morgan fingerprint density at radius 1 is 1.57 bits per heavy atom. The molecule has 2 rings (SSSR count). The Kier molecular flexibility index (Phi) is 3.19. The van der Waals surface area contributed by atoms with Gasteiger partial charge in [0, 0.05) is 12.5 Å². The molecular weight excluding hydrogens is 176 g/mol. The summed E-state index contributed by atoms with van der Waals surface area (Å²) in [5.74, 6) is 1.77. The van der Waals surface area contributed by atoms with Crippen molar-refractivity contribution in [2.24, 2.45) is 0 Å². The molecule has 0 unspecified atom stereocenters. The molecule has 0 spiro atoms. The monoisotopic (exact) mass is 194 g/mol. The Bertz CT molecular complexity index is 279. The maximum absolute atomic E-state index is 5.45. The molecule has 0 atom stereocenters. The van der Waals surface area contributed by atoms with Crippen LogP contribution in [-0.2, 0) is 6.54 Å². The highest BCUT2D eigenvalue weighted by Crippen LogP contribution is 2.37. The number of nitrogens with one attached hydrogen (secondary N) is 1. The van der Waals surface area contributed by atoms with Crippen molar-refractivity contribution in [1.82, 2.24) is 10.3 Å². The molecule has 0 amide bonds. The second-order valence-corrected chi connectivity index (χ2v) is 3.97. The predicted octanol–water partition coefficient (Wildman–Crippen LogP) is 2.44. The van der Waals surface area contributed by atoms with E-state index in [1.165, 1.54) is 19.3 Å². The lowest BCUT2D eigenvalue weighted by atomic mass is 9.83. The van der Waals surface area contributed by atoms with Gasteiger partial charge in [-0.3, -0.25) is 0 Å². The molecular formula is C11H18N2O. The average Bonchev–Trinajstić information content (AvgIpc) is 2.51. The zero-order valence-corrected chi connectivity index (χ0v) is 8.75. The van der Waals surface area contributed by atoms with E-state index in [4.69, 9.17) is 4.42 Å². The summed E-state index contributed by atoms with van der Waals surface area (Å²) in [5, 5.41) is 3.36. The fourth-order valence-corrected chi connectivity index (χ4v) is 1.80. The molecule has 78 valence electrons. The first kappa shape index (κ1) is 9.71. The van der Waals surface area contributed by atoms with Gasteiger partial charge in [0.15, 0.2) is 6.39 Å². The smallest absolute Gasteiger partial charge is 0.181 e. The highest BCUT2D eigenvalue weighted by Gasteiger charge is 2.25. The van der Waals surface area contributed by atoms with Gasteiger partial charge in [-0.2, -0.15) is 0 Å².